The van der Waals surface area contributed by atoms with Crippen LogP contribution in [0.5, 0.6) is 0 Å². The summed E-state index contributed by atoms with van der Waals surface area (Å²) in [6, 6.07) is 1.98. The maximum Gasteiger partial charge on any atom is 0.225 e. The molecule has 0 bridgehead atoms. The summed E-state index contributed by atoms with van der Waals surface area (Å²) in [5.41, 5.74) is 7.68. The molecule has 0 saturated heterocycles. The van der Waals surface area contributed by atoms with Crippen LogP contribution in [-0.4, -0.2) is 23.1 Å². The Labute approximate surface area is 109 Å². The van der Waals surface area contributed by atoms with E-state index in [1.54, 1.807) is 0 Å². The minimum Gasteiger partial charge on any atom is -0.340 e. The molecular weight excluding hydrogens is 224 g/mol. The summed E-state index contributed by atoms with van der Waals surface area (Å²) in [6.07, 6.45) is 5.49. The Hall–Kier alpha value is -1.16. The summed E-state index contributed by atoms with van der Waals surface area (Å²) in [6.45, 7) is 4.78. The van der Waals surface area contributed by atoms with E-state index in [4.69, 9.17) is 5.73 Å². The molecule has 2 N–H and O–H groups in total. The van der Waals surface area contributed by atoms with Crippen LogP contribution >= 0.6 is 0 Å². The first-order valence-electron chi connectivity index (χ1n) is 7.04. The number of aromatic nitrogens is 2. The van der Waals surface area contributed by atoms with E-state index in [0.29, 0.717) is 6.54 Å². The molecule has 2 aliphatic carbocycles. The molecule has 1 aromatic heterocycles. The van der Waals surface area contributed by atoms with E-state index in [1.165, 1.54) is 25.7 Å². The van der Waals surface area contributed by atoms with Crippen molar-refractivity contribution in [3.63, 3.8) is 0 Å². The normalized spacial score (nSPS) is 19.0. The van der Waals surface area contributed by atoms with Crippen molar-refractivity contribution in [2.75, 3.05) is 18.0 Å². The van der Waals surface area contributed by atoms with E-state index in [9.17, 15) is 0 Å². The first kappa shape index (κ1) is 11.9. The monoisotopic (exact) mass is 246 g/mol. The highest BCUT2D eigenvalue weighted by atomic mass is 15.3. The zero-order valence-corrected chi connectivity index (χ0v) is 11.1. The van der Waals surface area contributed by atoms with Crippen molar-refractivity contribution >= 4 is 5.95 Å². The Morgan fingerprint density at radius 1 is 1.17 bits per heavy atom. The van der Waals surface area contributed by atoms with E-state index >= 15 is 0 Å². The molecule has 2 fully saturated rings. The molecule has 1 heterocycles. The molecule has 0 aliphatic heterocycles. The average Bonchev–Trinajstić information content (AvgIpc) is 3.22. The van der Waals surface area contributed by atoms with Gasteiger partial charge in [0.2, 0.25) is 5.95 Å². The molecule has 3 rings (SSSR count). The van der Waals surface area contributed by atoms with Crippen LogP contribution in [0.2, 0.25) is 0 Å². The maximum atomic E-state index is 5.71. The smallest absolute Gasteiger partial charge is 0.225 e. The van der Waals surface area contributed by atoms with E-state index < -0.39 is 0 Å². The van der Waals surface area contributed by atoms with Crippen LogP contribution in [0.3, 0.4) is 0 Å². The number of rotatable bonds is 6. The number of hydrogen-bond donors (Lipinski definition) is 1. The molecule has 0 amide bonds. The largest absolute Gasteiger partial charge is 0.340 e. The summed E-state index contributed by atoms with van der Waals surface area (Å²) < 4.78 is 0. The summed E-state index contributed by atoms with van der Waals surface area (Å²) in [7, 11) is 0. The lowest BCUT2D eigenvalue weighted by atomic mass is 10.3. The van der Waals surface area contributed by atoms with Gasteiger partial charge in [-0.2, -0.15) is 0 Å². The highest BCUT2D eigenvalue weighted by molar-refractivity contribution is 5.33. The average molecular weight is 246 g/mol. The molecular formula is C14H22N4. The Balaban J connectivity index is 1.79. The number of hydrogen-bond acceptors (Lipinski definition) is 4. The Kier molecular flexibility index (Phi) is 3.20. The molecule has 0 spiro atoms. The summed E-state index contributed by atoms with van der Waals surface area (Å²) in [5, 5.41) is 0. The van der Waals surface area contributed by atoms with E-state index in [0.717, 1.165) is 42.3 Å². The molecule has 4 nitrogen and oxygen atoms in total. The van der Waals surface area contributed by atoms with Crippen LogP contribution in [0, 0.1) is 18.8 Å². The highest BCUT2D eigenvalue weighted by Gasteiger charge is 2.30. The van der Waals surface area contributed by atoms with Gasteiger partial charge in [-0.05, 0) is 50.5 Å². The Morgan fingerprint density at radius 2 is 1.78 bits per heavy atom. The number of nitrogens with two attached hydrogens (primary N) is 1. The lowest BCUT2D eigenvalue weighted by molar-refractivity contribution is 0.658. The first-order valence-corrected chi connectivity index (χ1v) is 7.04. The molecule has 4 heteroatoms. The van der Waals surface area contributed by atoms with Crippen molar-refractivity contribution in [3.8, 4) is 0 Å². The fourth-order valence-corrected chi connectivity index (χ4v) is 2.32. The zero-order chi connectivity index (χ0) is 12.5. The molecule has 0 aromatic carbocycles. The highest BCUT2D eigenvalue weighted by Crippen LogP contribution is 2.34. The standard InChI is InChI=1S/C14H22N4/c1-10-6-13(7-15)17-14(16-10)18(8-11-2-3-11)9-12-4-5-12/h6,11-12H,2-5,7-9,15H2,1H3. The molecule has 1 aromatic rings. The van der Waals surface area contributed by atoms with Crippen LogP contribution in [0.15, 0.2) is 6.07 Å². The predicted molar refractivity (Wildman–Crippen MR) is 72.3 cm³/mol. The number of anilines is 1. The molecule has 0 radical (unpaired) electrons. The van der Waals surface area contributed by atoms with Crippen molar-refractivity contribution in [2.45, 2.75) is 39.2 Å². The second-order valence-electron chi connectivity index (χ2n) is 5.80. The lowest BCUT2D eigenvalue weighted by Gasteiger charge is -2.23. The van der Waals surface area contributed by atoms with Gasteiger partial charge in [0.1, 0.15) is 0 Å². The van der Waals surface area contributed by atoms with Crippen LogP contribution in [0.25, 0.3) is 0 Å². The van der Waals surface area contributed by atoms with E-state index in [-0.39, 0.29) is 0 Å². The van der Waals surface area contributed by atoms with Crippen molar-refractivity contribution in [3.05, 3.63) is 17.5 Å². The SMILES string of the molecule is Cc1cc(CN)nc(N(CC2CC2)CC2CC2)n1. The fourth-order valence-electron chi connectivity index (χ4n) is 2.32. The third-order valence-electron chi connectivity index (χ3n) is 3.74. The van der Waals surface area contributed by atoms with Crippen LogP contribution in [-0.2, 0) is 6.54 Å². The second kappa shape index (κ2) is 4.84. The van der Waals surface area contributed by atoms with Gasteiger partial charge >= 0.3 is 0 Å². The van der Waals surface area contributed by atoms with Gasteiger partial charge in [-0.3, -0.25) is 0 Å². The van der Waals surface area contributed by atoms with Crippen molar-refractivity contribution in [1.29, 1.82) is 0 Å². The molecule has 2 saturated carbocycles. The van der Waals surface area contributed by atoms with Gasteiger partial charge in [-0.15, -0.1) is 0 Å². The minimum absolute atomic E-state index is 0.497. The van der Waals surface area contributed by atoms with Crippen LogP contribution in [0.4, 0.5) is 5.95 Å². The third kappa shape index (κ3) is 2.99. The molecule has 0 unspecified atom stereocenters. The fraction of sp³-hybridized carbons (Fsp3) is 0.714. The van der Waals surface area contributed by atoms with Crippen molar-refractivity contribution in [2.24, 2.45) is 17.6 Å². The van der Waals surface area contributed by atoms with E-state index in [2.05, 4.69) is 14.9 Å². The lowest BCUT2D eigenvalue weighted by Crippen LogP contribution is -2.30. The van der Waals surface area contributed by atoms with Crippen LogP contribution < -0.4 is 10.6 Å². The van der Waals surface area contributed by atoms with Crippen molar-refractivity contribution in [1.82, 2.24) is 9.97 Å². The van der Waals surface area contributed by atoms with Gasteiger partial charge < -0.3 is 10.6 Å². The molecule has 0 atom stereocenters. The third-order valence-corrected chi connectivity index (χ3v) is 3.74. The van der Waals surface area contributed by atoms with Gasteiger partial charge in [0, 0.05) is 25.3 Å². The minimum atomic E-state index is 0.497. The molecule has 18 heavy (non-hydrogen) atoms. The predicted octanol–water partition coefficient (Wildman–Crippen LogP) is 1.87. The van der Waals surface area contributed by atoms with Gasteiger partial charge in [-0.25, -0.2) is 9.97 Å². The Bertz CT molecular complexity index is 410. The topological polar surface area (TPSA) is 55.0 Å². The first-order chi connectivity index (χ1) is 8.74. The van der Waals surface area contributed by atoms with Crippen LogP contribution in [0.1, 0.15) is 37.1 Å². The van der Waals surface area contributed by atoms with Gasteiger partial charge in [0.15, 0.2) is 0 Å². The quantitative estimate of drug-likeness (QED) is 0.832. The number of aryl methyl sites for hydroxylation is 1. The maximum absolute atomic E-state index is 5.71. The zero-order valence-electron chi connectivity index (χ0n) is 11.1. The summed E-state index contributed by atoms with van der Waals surface area (Å²) in [4.78, 5) is 11.6. The van der Waals surface area contributed by atoms with Gasteiger partial charge in [0.05, 0.1) is 5.69 Å². The number of nitrogens with zero attached hydrogens (tertiary/aromatic N) is 3. The van der Waals surface area contributed by atoms with E-state index in [1.807, 2.05) is 13.0 Å². The van der Waals surface area contributed by atoms with Gasteiger partial charge in [0.25, 0.3) is 0 Å². The van der Waals surface area contributed by atoms with Gasteiger partial charge in [-0.1, -0.05) is 0 Å². The second-order valence-corrected chi connectivity index (χ2v) is 5.80. The Morgan fingerprint density at radius 3 is 2.28 bits per heavy atom. The summed E-state index contributed by atoms with van der Waals surface area (Å²) in [5.74, 6) is 2.64. The van der Waals surface area contributed by atoms with Crippen molar-refractivity contribution < 1.29 is 0 Å². The molecule has 98 valence electrons. The summed E-state index contributed by atoms with van der Waals surface area (Å²) >= 11 is 0. The molecule has 2 aliphatic rings.